The van der Waals surface area contributed by atoms with Gasteiger partial charge in [-0.1, -0.05) is 27.5 Å². The zero-order valence-corrected chi connectivity index (χ0v) is 13.1. The first-order valence-corrected chi connectivity index (χ1v) is 6.89. The van der Waals surface area contributed by atoms with Gasteiger partial charge in [0.15, 0.2) is 0 Å². The molecule has 21 heavy (non-hydrogen) atoms. The third-order valence-electron chi connectivity index (χ3n) is 2.78. The molecule has 1 amide bonds. The maximum atomic E-state index is 13.8. The van der Waals surface area contributed by atoms with Crippen LogP contribution in [0.2, 0.25) is 5.02 Å². The van der Waals surface area contributed by atoms with Gasteiger partial charge in [-0.15, -0.1) is 0 Å². The van der Waals surface area contributed by atoms with E-state index in [-0.39, 0.29) is 22.0 Å². The number of nitrogens with one attached hydrogen (secondary N) is 1. The Balaban J connectivity index is 2.60. The minimum absolute atomic E-state index is 0.00980. The number of nitrogens with zero attached hydrogens (tertiary/aromatic N) is 1. The zero-order valence-electron chi connectivity index (χ0n) is 10.8. The van der Waals surface area contributed by atoms with E-state index in [9.17, 15) is 14.0 Å². The first-order valence-electron chi connectivity index (χ1n) is 5.72. The molecule has 0 aliphatic rings. The van der Waals surface area contributed by atoms with Gasteiger partial charge in [0.25, 0.3) is 11.5 Å². The number of carbonyl (C=O) groups excluding carboxylic acids is 1. The Bertz CT molecular complexity index is 792. The third kappa shape index (κ3) is 3.08. The zero-order chi connectivity index (χ0) is 15.7. The van der Waals surface area contributed by atoms with Crippen molar-refractivity contribution >= 4 is 44.8 Å². The highest BCUT2D eigenvalue weighted by atomic mass is 79.9. The van der Waals surface area contributed by atoms with E-state index in [1.54, 1.807) is 6.07 Å². The Morgan fingerprint density at radius 1 is 1.48 bits per heavy atom. The number of primary amides is 1. The predicted octanol–water partition coefficient (Wildman–Crippen LogP) is 2.78. The van der Waals surface area contributed by atoms with Crippen molar-refractivity contribution in [3.8, 4) is 0 Å². The summed E-state index contributed by atoms with van der Waals surface area (Å²) in [4.78, 5) is 23.3. The molecule has 0 fully saturated rings. The summed E-state index contributed by atoms with van der Waals surface area (Å²) in [5.41, 5.74) is 4.77. The third-order valence-corrected chi connectivity index (χ3v) is 3.62. The van der Waals surface area contributed by atoms with Gasteiger partial charge in [0.05, 0.1) is 16.9 Å². The molecule has 1 aromatic heterocycles. The van der Waals surface area contributed by atoms with E-state index in [0.29, 0.717) is 4.47 Å². The Morgan fingerprint density at radius 3 is 2.71 bits per heavy atom. The molecule has 0 aliphatic heterocycles. The van der Waals surface area contributed by atoms with Crippen molar-refractivity contribution in [3.05, 3.63) is 55.6 Å². The van der Waals surface area contributed by atoms with Gasteiger partial charge in [-0.25, -0.2) is 4.39 Å². The molecule has 0 atom stereocenters. The van der Waals surface area contributed by atoms with Crippen LogP contribution >= 0.6 is 27.5 Å². The number of rotatable bonds is 3. The number of pyridine rings is 1. The van der Waals surface area contributed by atoms with Crippen molar-refractivity contribution < 1.29 is 9.18 Å². The fourth-order valence-corrected chi connectivity index (χ4v) is 2.35. The molecule has 0 saturated heterocycles. The van der Waals surface area contributed by atoms with Crippen molar-refractivity contribution in [3.63, 3.8) is 0 Å². The molecule has 1 heterocycles. The first-order chi connectivity index (χ1) is 9.81. The SMILES string of the molecule is Cn1cc(C(N)=O)c(Nc2ccc(Br)cc2F)c(Cl)c1=O. The van der Waals surface area contributed by atoms with Crippen LogP contribution in [-0.4, -0.2) is 10.5 Å². The summed E-state index contributed by atoms with van der Waals surface area (Å²) < 4.78 is 15.5. The number of hydrogen-bond acceptors (Lipinski definition) is 3. The number of amides is 1. The molecule has 0 aliphatic carbocycles. The van der Waals surface area contributed by atoms with Gasteiger partial charge in [-0.2, -0.15) is 0 Å². The quantitative estimate of drug-likeness (QED) is 0.867. The van der Waals surface area contributed by atoms with Crippen molar-refractivity contribution in [2.75, 3.05) is 5.32 Å². The van der Waals surface area contributed by atoms with E-state index in [1.165, 1.54) is 25.4 Å². The van der Waals surface area contributed by atoms with E-state index in [0.717, 1.165) is 4.57 Å². The average molecular weight is 375 g/mol. The maximum absolute atomic E-state index is 13.8. The van der Waals surface area contributed by atoms with E-state index in [2.05, 4.69) is 21.2 Å². The van der Waals surface area contributed by atoms with E-state index in [4.69, 9.17) is 17.3 Å². The highest BCUT2D eigenvalue weighted by molar-refractivity contribution is 9.10. The Morgan fingerprint density at radius 2 is 2.14 bits per heavy atom. The van der Waals surface area contributed by atoms with Crippen LogP contribution in [0.3, 0.4) is 0 Å². The highest BCUT2D eigenvalue weighted by Gasteiger charge is 2.18. The molecule has 0 saturated carbocycles. The molecule has 8 heteroatoms. The van der Waals surface area contributed by atoms with Crippen LogP contribution in [0.25, 0.3) is 0 Å². The minimum atomic E-state index is -0.785. The summed E-state index contributed by atoms with van der Waals surface area (Å²) in [5, 5.41) is 2.40. The Kier molecular flexibility index (Phi) is 4.34. The van der Waals surface area contributed by atoms with E-state index < -0.39 is 17.3 Å². The van der Waals surface area contributed by atoms with Crippen LogP contribution in [-0.2, 0) is 7.05 Å². The molecule has 3 N–H and O–H groups in total. The molecule has 0 spiro atoms. The molecule has 1 aromatic carbocycles. The number of aromatic nitrogens is 1. The van der Waals surface area contributed by atoms with Crippen LogP contribution in [0.5, 0.6) is 0 Å². The van der Waals surface area contributed by atoms with Crippen molar-refractivity contribution in [2.45, 2.75) is 0 Å². The predicted molar refractivity (Wildman–Crippen MR) is 82.6 cm³/mol. The number of benzene rings is 1. The summed E-state index contributed by atoms with van der Waals surface area (Å²) in [6, 6.07) is 4.28. The van der Waals surface area contributed by atoms with Crippen LogP contribution in [0.4, 0.5) is 15.8 Å². The largest absolute Gasteiger partial charge is 0.365 e. The molecule has 0 unspecified atom stereocenters. The van der Waals surface area contributed by atoms with Crippen molar-refractivity contribution in [1.82, 2.24) is 4.57 Å². The monoisotopic (exact) mass is 373 g/mol. The number of nitrogens with two attached hydrogens (primary N) is 1. The van der Waals surface area contributed by atoms with Gasteiger partial charge >= 0.3 is 0 Å². The van der Waals surface area contributed by atoms with Gasteiger partial charge in [0.1, 0.15) is 10.8 Å². The molecular weight excluding hydrogens is 365 g/mol. The second kappa shape index (κ2) is 5.87. The van der Waals surface area contributed by atoms with Crippen LogP contribution in [0.1, 0.15) is 10.4 Å². The fraction of sp³-hybridized carbons (Fsp3) is 0.0769. The molecule has 2 rings (SSSR count). The molecule has 110 valence electrons. The minimum Gasteiger partial charge on any atom is -0.365 e. The summed E-state index contributed by atoms with van der Waals surface area (Å²) in [6.45, 7) is 0. The van der Waals surface area contributed by atoms with Gasteiger partial charge in [0.2, 0.25) is 0 Å². The van der Waals surface area contributed by atoms with Gasteiger partial charge in [-0.05, 0) is 18.2 Å². The number of anilines is 2. The lowest BCUT2D eigenvalue weighted by atomic mass is 10.2. The second-order valence-electron chi connectivity index (χ2n) is 4.26. The second-order valence-corrected chi connectivity index (χ2v) is 5.55. The van der Waals surface area contributed by atoms with Crippen molar-refractivity contribution in [2.24, 2.45) is 12.8 Å². The van der Waals surface area contributed by atoms with Crippen LogP contribution in [0.15, 0.2) is 33.7 Å². The molecule has 2 aromatic rings. The average Bonchev–Trinajstić information content (AvgIpc) is 2.41. The number of halogens is 3. The summed E-state index contributed by atoms with van der Waals surface area (Å²) >= 11 is 9.08. The Hall–Kier alpha value is -1.86. The molecule has 5 nitrogen and oxygen atoms in total. The maximum Gasteiger partial charge on any atom is 0.271 e. The number of aryl methyl sites for hydroxylation is 1. The van der Waals surface area contributed by atoms with Gasteiger partial charge in [0, 0.05) is 17.7 Å². The summed E-state index contributed by atoms with van der Waals surface area (Å²) in [5.74, 6) is -1.36. The van der Waals surface area contributed by atoms with Crippen LogP contribution in [0, 0.1) is 5.82 Å². The molecular formula is C13H10BrClFN3O2. The molecule has 0 radical (unpaired) electrons. The topological polar surface area (TPSA) is 77.1 Å². The fourth-order valence-electron chi connectivity index (χ4n) is 1.73. The smallest absolute Gasteiger partial charge is 0.271 e. The number of hydrogen-bond donors (Lipinski definition) is 2. The van der Waals surface area contributed by atoms with E-state index in [1.807, 2.05) is 0 Å². The van der Waals surface area contributed by atoms with Crippen molar-refractivity contribution in [1.29, 1.82) is 0 Å². The number of carbonyl (C=O) groups is 1. The summed E-state index contributed by atoms with van der Waals surface area (Å²) in [6.07, 6.45) is 1.25. The molecule has 0 bridgehead atoms. The Labute approximate surface area is 132 Å². The lowest BCUT2D eigenvalue weighted by Crippen LogP contribution is -2.23. The van der Waals surface area contributed by atoms with Gasteiger partial charge in [-0.3, -0.25) is 9.59 Å². The standard InChI is InChI=1S/C13H10BrClFN3O2/c1-19-5-7(12(17)20)11(10(15)13(19)21)18-9-3-2-6(14)4-8(9)16/h2-5,18H,1H3,(H2,17,20). The first kappa shape index (κ1) is 15.5. The highest BCUT2D eigenvalue weighted by Crippen LogP contribution is 2.29. The summed E-state index contributed by atoms with van der Waals surface area (Å²) in [7, 11) is 1.44. The van der Waals surface area contributed by atoms with Gasteiger partial charge < -0.3 is 15.6 Å². The normalized spacial score (nSPS) is 10.5. The van der Waals surface area contributed by atoms with E-state index >= 15 is 0 Å². The lowest BCUT2D eigenvalue weighted by Gasteiger charge is -2.14. The van der Waals surface area contributed by atoms with Crippen LogP contribution < -0.4 is 16.6 Å². The lowest BCUT2D eigenvalue weighted by molar-refractivity contribution is 0.100.